The van der Waals surface area contributed by atoms with Crippen LogP contribution >= 0.6 is 0 Å². The SMILES string of the molecule is Cc1ccc(C)c(N2CCC3(CC2)CNC3)c1. The van der Waals surface area contributed by atoms with E-state index in [9.17, 15) is 0 Å². The van der Waals surface area contributed by atoms with Gasteiger partial charge in [0.2, 0.25) is 0 Å². The molecule has 92 valence electrons. The zero-order valence-corrected chi connectivity index (χ0v) is 10.9. The highest BCUT2D eigenvalue weighted by Gasteiger charge is 2.39. The molecule has 2 nitrogen and oxygen atoms in total. The van der Waals surface area contributed by atoms with Gasteiger partial charge in [-0.1, -0.05) is 12.1 Å². The lowest BCUT2D eigenvalue weighted by molar-refractivity contribution is 0.126. The van der Waals surface area contributed by atoms with E-state index in [2.05, 4.69) is 42.3 Å². The van der Waals surface area contributed by atoms with Crippen LogP contribution in [0, 0.1) is 19.3 Å². The minimum absolute atomic E-state index is 0.647. The Morgan fingerprint density at radius 3 is 2.41 bits per heavy atom. The van der Waals surface area contributed by atoms with Crippen molar-refractivity contribution >= 4 is 5.69 Å². The first kappa shape index (κ1) is 11.1. The average molecular weight is 230 g/mol. The van der Waals surface area contributed by atoms with E-state index in [4.69, 9.17) is 0 Å². The highest BCUT2D eigenvalue weighted by molar-refractivity contribution is 5.55. The van der Waals surface area contributed by atoms with E-state index < -0.39 is 0 Å². The van der Waals surface area contributed by atoms with E-state index in [0.717, 1.165) is 0 Å². The van der Waals surface area contributed by atoms with Crippen molar-refractivity contribution in [2.75, 3.05) is 31.1 Å². The molecular formula is C15H22N2. The largest absolute Gasteiger partial charge is 0.371 e. The highest BCUT2D eigenvalue weighted by atomic mass is 15.2. The topological polar surface area (TPSA) is 15.3 Å². The van der Waals surface area contributed by atoms with E-state index in [-0.39, 0.29) is 0 Å². The normalized spacial score (nSPS) is 22.6. The first-order valence-electron chi connectivity index (χ1n) is 6.72. The van der Waals surface area contributed by atoms with Crippen molar-refractivity contribution in [1.82, 2.24) is 5.32 Å². The Labute approximate surface area is 104 Å². The summed E-state index contributed by atoms with van der Waals surface area (Å²) in [7, 11) is 0. The van der Waals surface area contributed by atoms with Crippen molar-refractivity contribution in [3.63, 3.8) is 0 Å². The van der Waals surface area contributed by atoms with Gasteiger partial charge in [0.05, 0.1) is 0 Å². The summed E-state index contributed by atoms with van der Waals surface area (Å²) < 4.78 is 0. The third-order valence-electron chi connectivity index (χ3n) is 4.53. The smallest absolute Gasteiger partial charge is 0.0398 e. The Bertz CT molecular complexity index is 411. The maximum absolute atomic E-state index is 3.43. The fraction of sp³-hybridized carbons (Fsp3) is 0.600. The first-order chi connectivity index (χ1) is 8.19. The number of rotatable bonds is 1. The van der Waals surface area contributed by atoms with Crippen molar-refractivity contribution in [3.05, 3.63) is 29.3 Å². The van der Waals surface area contributed by atoms with Gasteiger partial charge in [-0.05, 0) is 49.3 Å². The number of hydrogen-bond acceptors (Lipinski definition) is 2. The van der Waals surface area contributed by atoms with Crippen LogP contribution in [0.15, 0.2) is 18.2 Å². The van der Waals surface area contributed by atoms with Gasteiger partial charge in [-0.25, -0.2) is 0 Å². The predicted octanol–water partition coefficient (Wildman–Crippen LogP) is 2.49. The molecule has 2 heteroatoms. The summed E-state index contributed by atoms with van der Waals surface area (Å²) in [5, 5.41) is 3.43. The van der Waals surface area contributed by atoms with Crippen molar-refractivity contribution in [3.8, 4) is 0 Å². The number of nitrogens with zero attached hydrogens (tertiary/aromatic N) is 1. The fourth-order valence-corrected chi connectivity index (χ4v) is 3.11. The lowest BCUT2D eigenvalue weighted by Gasteiger charge is -2.49. The Morgan fingerprint density at radius 1 is 1.12 bits per heavy atom. The fourth-order valence-electron chi connectivity index (χ4n) is 3.11. The minimum atomic E-state index is 0.647. The van der Waals surface area contributed by atoms with Crippen LogP contribution in [0.2, 0.25) is 0 Å². The summed E-state index contributed by atoms with van der Waals surface area (Å²) in [5.74, 6) is 0. The molecule has 17 heavy (non-hydrogen) atoms. The summed E-state index contributed by atoms with van der Waals surface area (Å²) in [6.45, 7) is 9.35. The zero-order chi connectivity index (χ0) is 11.9. The molecule has 0 unspecified atom stereocenters. The van der Waals surface area contributed by atoms with E-state index in [1.165, 1.54) is 55.8 Å². The van der Waals surface area contributed by atoms with E-state index >= 15 is 0 Å². The summed E-state index contributed by atoms with van der Waals surface area (Å²) in [6.07, 6.45) is 2.71. The summed E-state index contributed by atoms with van der Waals surface area (Å²) >= 11 is 0. The molecule has 1 aromatic rings. The number of benzene rings is 1. The van der Waals surface area contributed by atoms with Gasteiger partial charge in [0, 0.05) is 31.9 Å². The number of hydrogen-bond donors (Lipinski definition) is 1. The molecule has 2 heterocycles. The minimum Gasteiger partial charge on any atom is -0.371 e. The molecule has 1 aromatic carbocycles. The molecule has 0 atom stereocenters. The second-order valence-corrected chi connectivity index (χ2v) is 5.88. The van der Waals surface area contributed by atoms with Gasteiger partial charge in [0.15, 0.2) is 0 Å². The van der Waals surface area contributed by atoms with Gasteiger partial charge < -0.3 is 10.2 Å². The van der Waals surface area contributed by atoms with Crippen LogP contribution in [0.5, 0.6) is 0 Å². The van der Waals surface area contributed by atoms with E-state index in [0.29, 0.717) is 5.41 Å². The average Bonchev–Trinajstić information content (AvgIpc) is 2.31. The quantitative estimate of drug-likeness (QED) is 0.797. The van der Waals surface area contributed by atoms with Crippen molar-refractivity contribution in [2.45, 2.75) is 26.7 Å². The maximum atomic E-state index is 3.43. The Kier molecular flexibility index (Phi) is 2.62. The van der Waals surface area contributed by atoms with Crippen LogP contribution in [-0.2, 0) is 0 Å². The van der Waals surface area contributed by atoms with Crippen LogP contribution < -0.4 is 10.2 Å². The van der Waals surface area contributed by atoms with Gasteiger partial charge in [0.25, 0.3) is 0 Å². The van der Waals surface area contributed by atoms with Crippen LogP contribution in [0.4, 0.5) is 5.69 Å². The Morgan fingerprint density at radius 2 is 1.82 bits per heavy atom. The molecule has 0 aromatic heterocycles. The summed E-state index contributed by atoms with van der Waals surface area (Å²) in [4.78, 5) is 2.58. The van der Waals surface area contributed by atoms with Crippen LogP contribution in [0.25, 0.3) is 0 Å². The Balaban J connectivity index is 1.75. The van der Waals surface area contributed by atoms with Gasteiger partial charge >= 0.3 is 0 Å². The molecular weight excluding hydrogens is 208 g/mol. The lowest BCUT2D eigenvalue weighted by atomic mass is 9.73. The van der Waals surface area contributed by atoms with Crippen molar-refractivity contribution in [1.29, 1.82) is 0 Å². The van der Waals surface area contributed by atoms with Crippen LogP contribution in [0.1, 0.15) is 24.0 Å². The Hall–Kier alpha value is -1.02. The molecule has 0 saturated carbocycles. The zero-order valence-electron chi connectivity index (χ0n) is 10.9. The second-order valence-electron chi connectivity index (χ2n) is 5.88. The number of aryl methyl sites for hydroxylation is 2. The maximum Gasteiger partial charge on any atom is 0.0398 e. The predicted molar refractivity (Wildman–Crippen MR) is 72.7 cm³/mol. The summed E-state index contributed by atoms with van der Waals surface area (Å²) in [5.41, 5.74) is 4.88. The molecule has 2 aliphatic rings. The number of nitrogens with one attached hydrogen (secondary N) is 1. The molecule has 2 saturated heterocycles. The van der Waals surface area contributed by atoms with E-state index in [1.54, 1.807) is 0 Å². The monoisotopic (exact) mass is 230 g/mol. The second kappa shape index (κ2) is 4.02. The van der Waals surface area contributed by atoms with Crippen LogP contribution in [-0.4, -0.2) is 26.2 Å². The number of anilines is 1. The molecule has 0 radical (unpaired) electrons. The van der Waals surface area contributed by atoms with Crippen LogP contribution in [0.3, 0.4) is 0 Å². The lowest BCUT2D eigenvalue weighted by Crippen LogP contribution is -2.58. The molecule has 0 bridgehead atoms. The molecule has 2 fully saturated rings. The van der Waals surface area contributed by atoms with Gasteiger partial charge in [-0.15, -0.1) is 0 Å². The highest BCUT2D eigenvalue weighted by Crippen LogP contribution is 2.37. The molecule has 0 amide bonds. The van der Waals surface area contributed by atoms with Gasteiger partial charge in [-0.3, -0.25) is 0 Å². The molecule has 1 spiro atoms. The summed E-state index contributed by atoms with van der Waals surface area (Å²) in [6, 6.07) is 6.80. The third kappa shape index (κ3) is 1.95. The van der Waals surface area contributed by atoms with Crippen molar-refractivity contribution < 1.29 is 0 Å². The standard InChI is InChI=1S/C15H22N2/c1-12-3-4-13(2)14(9-12)17-7-5-15(6-8-17)10-16-11-15/h3-4,9,16H,5-8,10-11H2,1-2H3. The van der Waals surface area contributed by atoms with E-state index in [1.807, 2.05) is 0 Å². The van der Waals surface area contributed by atoms with Gasteiger partial charge in [-0.2, -0.15) is 0 Å². The molecule has 0 aliphatic carbocycles. The third-order valence-corrected chi connectivity index (χ3v) is 4.53. The van der Waals surface area contributed by atoms with Gasteiger partial charge in [0.1, 0.15) is 0 Å². The first-order valence-corrected chi connectivity index (χ1v) is 6.72. The molecule has 2 aliphatic heterocycles. The molecule has 3 rings (SSSR count). The number of piperidine rings is 1. The van der Waals surface area contributed by atoms with Crippen molar-refractivity contribution in [2.24, 2.45) is 5.41 Å². The molecule has 1 N–H and O–H groups in total.